The largest absolute Gasteiger partial charge is 0.497 e. The smallest absolute Gasteiger partial charge is 0.269 e. The Kier molecular flexibility index (Phi) is 20.0. The second-order valence-electron chi connectivity index (χ2n) is 21.1. The van der Waals surface area contributed by atoms with Gasteiger partial charge in [0.2, 0.25) is 20.0 Å². The van der Waals surface area contributed by atoms with Gasteiger partial charge in [-0.2, -0.15) is 0 Å². The highest BCUT2D eigenvalue weighted by molar-refractivity contribution is 7.92. The van der Waals surface area contributed by atoms with Gasteiger partial charge in [-0.25, -0.2) is 39.4 Å². The Morgan fingerprint density at radius 1 is 0.596 bits per heavy atom. The van der Waals surface area contributed by atoms with Gasteiger partial charge in [-0.05, 0) is 126 Å². The summed E-state index contributed by atoms with van der Waals surface area (Å²) in [5, 5.41) is 13.6. The van der Waals surface area contributed by atoms with Crippen molar-refractivity contribution >= 4 is 93.1 Å². The van der Waals surface area contributed by atoms with Crippen LogP contribution < -0.4 is 30.1 Å². The molecule has 3 aromatic heterocycles. The molecule has 482 valence electrons. The van der Waals surface area contributed by atoms with E-state index in [1.807, 2.05) is 24.3 Å². The molecule has 0 bridgehead atoms. The highest BCUT2D eigenvalue weighted by Crippen LogP contribution is 2.44. The average molecular weight is 1320 g/mol. The number of ether oxygens (including phenoxy) is 1. The molecule has 0 unspecified atom stereocenters. The van der Waals surface area contributed by atoms with E-state index in [4.69, 9.17) is 25.0 Å². The number of ketones is 1. The minimum absolute atomic E-state index is 0.137. The summed E-state index contributed by atoms with van der Waals surface area (Å²) in [7, 11) is -1.37. The number of nitro benzene ring substituents is 1. The second-order valence-corrected chi connectivity index (χ2v) is 25.1. The molecular weight excluding hydrogens is 1260 g/mol. The number of aromatic nitrogens is 2. The number of fused-ring (bicyclic) bond motifs is 3. The van der Waals surface area contributed by atoms with Gasteiger partial charge in [0, 0.05) is 90.4 Å². The number of nitrogens with zero attached hydrogens (tertiary/aromatic N) is 4. The van der Waals surface area contributed by atoms with Crippen molar-refractivity contribution in [2.75, 3.05) is 60.8 Å². The maximum absolute atomic E-state index is 13.8. The molecule has 0 saturated heterocycles. The highest BCUT2D eigenvalue weighted by Gasteiger charge is 2.28. The maximum Gasteiger partial charge on any atom is 0.269 e. The third-order valence-electron chi connectivity index (χ3n) is 14.8. The molecule has 9 aromatic carbocycles. The summed E-state index contributed by atoms with van der Waals surface area (Å²) in [6.07, 6.45) is 2.44. The van der Waals surface area contributed by atoms with Crippen LogP contribution >= 0.6 is 0 Å². The number of Topliss-reactive ketones (excluding diaryl/α,β-unsaturated/α-hetero) is 1. The van der Waals surface area contributed by atoms with Crippen molar-refractivity contribution in [1.29, 1.82) is 0 Å². The van der Waals surface area contributed by atoms with Gasteiger partial charge in [-0.3, -0.25) is 28.3 Å². The Hall–Kier alpha value is -11.3. The van der Waals surface area contributed by atoms with E-state index in [9.17, 15) is 54.1 Å². The average Bonchev–Trinajstić information content (AvgIpc) is 1.56. The summed E-state index contributed by atoms with van der Waals surface area (Å²) in [6, 6.07) is 48.5. The molecule has 0 saturated carbocycles. The lowest BCUT2D eigenvalue weighted by atomic mass is 9.96. The molecule has 1 amide bonds. The zero-order valence-electron chi connectivity index (χ0n) is 51.4. The summed E-state index contributed by atoms with van der Waals surface area (Å²) in [6.45, 7) is 1.75. The Morgan fingerprint density at radius 2 is 1.09 bits per heavy atom. The first-order valence-electron chi connectivity index (χ1n) is 28.4. The van der Waals surface area contributed by atoms with Crippen LogP contribution in [-0.4, -0.2) is 84.2 Å². The van der Waals surface area contributed by atoms with Crippen molar-refractivity contribution < 1.29 is 62.5 Å². The second kappa shape index (κ2) is 28.1. The molecule has 0 atom stereocenters. The number of para-hydroxylation sites is 1. The molecule has 0 fully saturated rings. The lowest BCUT2D eigenvalue weighted by molar-refractivity contribution is -0.384. The van der Waals surface area contributed by atoms with E-state index in [2.05, 4.69) is 15.3 Å². The molecule has 6 N–H and O–H groups in total. The van der Waals surface area contributed by atoms with Crippen molar-refractivity contribution in [1.82, 2.24) is 15.3 Å². The number of hydrogen-bond donors (Lipinski definition) is 4. The standard InChI is InChI=1S/C31H24F2N4O4S.C26H24FNO5S.C6H7FN2.C6H5NO2/c1-34-31(38)28-23-15-22(18-5-4-6-19(13-18)30-35-24-12-11-21(33)14-25(24)36-30)26(37(2)42(3,39)40)16-27(23)41-29(28)17-7-9-20(32)10-8-17;1-5-23(29)25-21-14-20(17-7-6-8-19(13-17)32-3)22(28(2)34(4,30)31)15-24(21)33-26(25)16-9-11-18(27)12-10-16;7-4-1-2-5(8)6(9)3-4;8-7(9)6-4-2-1-3-5-6/h4-16H,1-3H3,(H,34,38)(H,35,36);6-15H,5H2,1-4H3;1-3H,8-9H2;1-5H. The number of carbonyl (C=O) groups is 2. The summed E-state index contributed by atoms with van der Waals surface area (Å²) in [4.78, 5) is 43.4. The first-order valence-corrected chi connectivity index (χ1v) is 32.1. The summed E-state index contributed by atoms with van der Waals surface area (Å²) >= 11 is 0. The van der Waals surface area contributed by atoms with E-state index in [-0.39, 0.29) is 52.1 Å². The van der Waals surface area contributed by atoms with Crippen LogP contribution in [0.2, 0.25) is 0 Å². The maximum atomic E-state index is 13.8. The van der Waals surface area contributed by atoms with Gasteiger partial charge in [0.1, 0.15) is 57.5 Å². The number of nitrogens with two attached hydrogens (primary N) is 2. The predicted octanol–water partition coefficient (Wildman–Crippen LogP) is 14.8. The van der Waals surface area contributed by atoms with Gasteiger partial charge >= 0.3 is 0 Å². The van der Waals surface area contributed by atoms with Gasteiger partial charge < -0.3 is 35.3 Å². The van der Waals surface area contributed by atoms with E-state index < -0.39 is 42.5 Å². The quantitative estimate of drug-likeness (QED) is 0.0259. The molecular formula is C69H60F4N8O11S2. The van der Waals surface area contributed by atoms with Crippen molar-refractivity contribution in [2.45, 2.75) is 13.3 Å². The number of H-pyrrole nitrogens is 1. The van der Waals surface area contributed by atoms with Crippen LogP contribution in [0.15, 0.2) is 197 Å². The molecule has 19 nitrogen and oxygen atoms in total. The fourth-order valence-corrected chi connectivity index (χ4v) is 10.9. The number of amides is 1. The number of hydrogen-bond acceptors (Lipinski definition) is 14. The van der Waals surface area contributed by atoms with E-state index in [0.29, 0.717) is 106 Å². The van der Waals surface area contributed by atoms with Crippen molar-refractivity contribution in [3.8, 4) is 62.0 Å². The van der Waals surface area contributed by atoms with Crippen LogP contribution in [0.3, 0.4) is 0 Å². The molecule has 0 spiro atoms. The zero-order chi connectivity index (χ0) is 67.9. The number of aromatic amines is 1. The van der Waals surface area contributed by atoms with Gasteiger partial charge in [0.25, 0.3) is 11.6 Å². The number of rotatable bonds is 14. The zero-order valence-corrected chi connectivity index (χ0v) is 53.0. The first-order chi connectivity index (χ1) is 44.7. The monoisotopic (exact) mass is 1320 g/mol. The van der Waals surface area contributed by atoms with Gasteiger partial charge in [0.05, 0.1) is 69.5 Å². The van der Waals surface area contributed by atoms with Crippen LogP contribution in [-0.2, 0) is 20.0 Å². The number of nitrogens with one attached hydrogen (secondary N) is 2. The van der Waals surface area contributed by atoms with Gasteiger partial charge in [0.15, 0.2) is 5.78 Å². The summed E-state index contributed by atoms with van der Waals surface area (Å²) < 4.78 is 123. The normalized spacial score (nSPS) is 11.2. The van der Waals surface area contributed by atoms with Crippen LogP contribution in [0.5, 0.6) is 5.75 Å². The van der Waals surface area contributed by atoms with Crippen molar-refractivity contribution in [2.24, 2.45) is 0 Å². The third-order valence-corrected chi connectivity index (χ3v) is 17.2. The number of nitro groups is 1. The summed E-state index contributed by atoms with van der Waals surface area (Å²) in [5.74, 6) is -0.507. The predicted molar refractivity (Wildman–Crippen MR) is 359 cm³/mol. The Bertz CT molecular complexity index is 5070. The number of non-ortho nitro benzene ring substituents is 1. The number of carbonyl (C=O) groups excluding carboxylic acids is 2. The number of furan rings is 2. The molecule has 0 aliphatic carbocycles. The van der Waals surface area contributed by atoms with E-state index in [1.54, 1.807) is 99.0 Å². The van der Waals surface area contributed by atoms with Gasteiger partial charge in [-0.1, -0.05) is 55.5 Å². The Labute approximate surface area is 537 Å². The Balaban J connectivity index is 0.000000177. The first kappa shape index (κ1) is 67.1. The van der Waals surface area contributed by atoms with E-state index in [1.165, 1.54) is 104 Å². The van der Waals surface area contributed by atoms with Crippen LogP contribution in [0.4, 0.5) is 46.0 Å². The van der Waals surface area contributed by atoms with E-state index >= 15 is 0 Å². The number of benzene rings is 9. The minimum Gasteiger partial charge on any atom is -0.497 e. The lowest BCUT2D eigenvalue weighted by Crippen LogP contribution is -2.25. The summed E-state index contributed by atoms with van der Waals surface area (Å²) in [5.41, 5.74) is 18.6. The number of halogens is 4. The number of anilines is 4. The van der Waals surface area contributed by atoms with Crippen LogP contribution in [0, 0.1) is 33.4 Å². The SMILES string of the molecule is CCC(=O)c1c(-c2ccc(F)cc2)oc2cc(N(C)S(C)(=O)=O)c(-c3cccc(OC)c3)cc12.CNC(=O)c1c(-c2ccc(F)cc2)oc2cc(N(C)S(C)(=O)=O)c(-c3cccc(-c4nc5ccc(F)cc5[nH]4)c3)cc12.Nc1ccc(F)cc1N.O=[N+]([O-])c1ccccc1. The minimum atomic E-state index is -3.70. The number of sulfonamides is 2. The van der Waals surface area contributed by atoms with Crippen molar-refractivity contribution in [3.63, 3.8) is 0 Å². The van der Waals surface area contributed by atoms with E-state index in [0.717, 1.165) is 16.8 Å². The van der Waals surface area contributed by atoms with Crippen molar-refractivity contribution in [3.05, 3.63) is 233 Å². The fourth-order valence-electron chi connectivity index (χ4n) is 9.86. The fraction of sp³-hybridized carbons (Fsp3) is 0.116. The molecule has 25 heteroatoms. The van der Waals surface area contributed by atoms with Crippen LogP contribution in [0.25, 0.3) is 89.3 Å². The number of imidazole rings is 1. The lowest BCUT2D eigenvalue weighted by Gasteiger charge is -2.21. The number of methoxy groups -OCH3 is 1. The van der Waals surface area contributed by atoms with Crippen LogP contribution in [0.1, 0.15) is 34.1 Å². The molecule has 94 heavy (non-hydrogen) atoms. The topological polar surface area (TPSA) is 280 Å². The molecule has 3 heterocycles. The molecule has 0 aliphatic rings. The molecule has 12 aromatic rings. The molecule has 0 radical (unpaired) electrons. The number of nitrogen functional groups attached to an aromatic ring is 2. The highest BCUT2D eigenvalue weighted by atomic mass is 32.2. The molecule has 0 aliphatic heterocycles. The third kappa shape index (κ3) is 15.0. The van der Waals surface area contributed by atoms with Gasteiger partial charge in [-0.15, -0.1) is 0 Å². The Morgan fingerprint density at radius 3 is 1.57 bits per heavy atom. The molecule has 12 rings (SSSR count).